The van der Waals surface area contributed by atoms with E-state index in [1.165, 1.54) is 6.07 Å². The predicted molar refractivity (Wildman–Crippen MR) is 63.9 cm³/mol. The molecule has 6 heteroatoms. The highest BCUT2D eigenvalue weighted by Crippen LogP contribution is 2.33. The first-order chi connectivity index (χ1) is 7.80. The summed E-state index contributed by atoms with van der Waals surface area (Å²) < 4.78 is 38.0. The zero-order valence-electron chi connectivity index (χ0n) is 9.18. The van der Waals surface area contributed by atoms with E-state index in [1.54, 1.807) is 6.92 Å². The first-order valence-electron chi connectivity index (χ1n) is 5.09. The lowest BCUT2D eigenvalue weighted by atomic mass is 10.2. The lowest BCUT2D eigenvalue weighted by Gasteiger charge is -2.13. The summed E-state index contributed by atoms with van der Waals surface area (Å²) in [6, 6.07) is 3.42. The summed E-state index contributed by atoms with van der Waals surface area (Å²) in [4.78, 5) is 0. The van der Waals surface area contributed by atoms with Crippen molar-refractivity contribution in [3.8, 4) is 0 Å². The molecule has 2 N–H and O–H groups in total. The van der Waals surface area contributed by atoms with Gasteiger partial charge in [-0.1, -0.05) is 0 Å². The van der Waals surface area contributed by atoms with Gasteiger partial charge in [0, 0.05) is 16.7 Å². The van der Waals surface area contributed by atoms with Crippen molar-refractivity contribution in [1.82, 2.24) is 0 Å². The molecule has 2 nitrogen and oxygen atoms in total. The Morgan fingerprint density at radius 1 is 1.41 bits per heavy atom. The quantitative estimate of drug-likeness (QED) is 0.889. The van der Waals surface area contributed by atoms with Crippen molar-refractivity contribution in [2.24, 2.45) is 0 Å². The number of hydrogen-bond donors (Lipinski definition) is 2. The second-order valence-electron chi connectivity index (χ2n) is 3.76. The highest BCUT2D eigenvalue weighted by atomic mass is 79.9. The van der Waals surface area contributed by atoms with Gasteiger partial charge in [-0.15, -0.1) is 0 Å². The number of rotatable bonds is 4. The van der Waals surface area contributed by atoms with Crippen LogP contribution in [0.1, 0.15) is 18.9 Å². The molecule has 1 unspecified atom stereocenters. The second-order valence-corrected chi connectivity index (χ2v) is 4.61. The van der Waals surface area contributed by atoms with E-state index in [0.717, 1.165) is 12.1 Å². The summed E-state index contributed by atoms with van der Waals surface area (Å²) in [5.41, 5.74) is -0.319. The third kappa shape index (κ3) is 4.55. The molecule has 17 heavy (non-hydrogen) atoms. The smallest absolute Gasteiger partial charge is 0.393 e. The summed E-state index contributed by atoms with van der Waals surface area (Å²) in [6.45, 7) is 2.04. The molecule has 0 aliphatic carbocycles. The number of aliphatic hydroxyl groups is 1. The largest absolute Gasteiger partial charge is 0.416 e. The molecule has 0 aromatic heterocycles. The van der Waals surface area contributed by atoms with Gasteiger partial charge in [-0.3, -0.25) is 0 Å². The molecule has 0 aliphatic heterocycles. The van der Waals surface area contributed by atoms with Crippen molar-refractivity contribution in [1.29, 1.82) is 0 Å². The Balaban J connectivity index is 2.77. The Hall–Kier alpha value is -0.750. The molecule has 0 amide bonds. The zero-order valence-corrected chi connectivity index (χ0v) is 10.8. The van der Waals surface area contributed by atoms with Crippen molar-refractivity contribution < 1.29 is 18.3 Å². The molecule has 0 aliphatic rings. The molecule has 1 aromatic rings. The lowest BCUT2D eigenvalue weighted by molar-refractivity contribution is -0.137. The van der Waals surface area contributed by atoms with E-state index in [0.29, 0.717) is 23.1 Å². The van der Waals surface area contributed by atoms with E-state index in [4.69, 9.17) is 5.11 Å². The van der Waals surface area contributed by atoms with Crippen molar-refractivity contribution in [3.05, 3.63) is 28.2 Å². The van der Waals surface area contributed by atoms with Gasteiger partial charge < -0.3 is 10.4 Å². The van der Waals surface area contributed by atoms with Gasteiger partial charge in [0.05, 0.1) is 11.7 Å². The fraction of sp³-hybridized carbons (Fsp3) is 0.455. The van der Waals surface area contributed by atoms with Gasteiger partial charge >= 0.3 is 6.18 Å². The fourth-order valence-corrected chi connectivity index (χ4v) is 1.64. The van der Waals surface area contributed by atoms with Crippen LogP contribution in [0.15, 0.2) is 22.7 Å². The molecule has 0 spiro atoms. The molecule has 0 fully saturated rings. The summed E-state index contributed by atoms with van der Waals surface area (Å²) in [7, 11) is 0. The first kappa shape index (κ1) is 14.3. The highest BCUT2D eigenvalue weighted by Gasteiger charge is 2.30. The minimum atomic E-state index is -4.35. The molecular weight excluding hydrogens is 299 g/mol. The molecule has 1 atom stereocenters. The molecule has 0 heterocycles. The number of nitrogens with one attached hydrogen (secondary N) is 1. The fourth-order valence-electron chi connectivity index (χ4n) is 1.25. The normalized spacial score (nSPS) is 13.5. The van der Waals surface area contributed by atoms with Gasteiger partial charge in [-0.05, 0) is 47.5 Å². The Kier molecular flexibility index (Phi) is 4.82. The van der Waals surface area contributed by atoms with E-state index in [-0.39, 0.29) is 0 Å². The molecule has 0 radical (unpaired) electrons. The monoisotopic (exact) mass is 311 g/mol. The number of aliphatic hydroxyl groups excluding tert-OH is 1. The van der Waals surface area contributed by atoms with Crippen LogP contribution in [-0.2, 0) is 6.18 Å². The van der Waals surface area contributed by atoms with Crippen LogP contribution < -0.4 is 5.32 Å². The van der Waals surface area contributed by atoms with Crippen molar-refractivity contribution in [3.63, 3.8) is 0 Å². The van der Waals surface area contributed by atoms with E-state index < -0.39 is 17.8 Å². The Morgan fingerprint density at radius 2 is 2.06 bits per heavy atom. The number of alkyl halides is 3. The van der Waals surface area contributed by atoms with E-state index in [2.05, 4.69) is 21.2 Å². The summed E-state index contributed by atoms with van der Waals surface area (Å²) in [5, 5.41) is 11.9. The zero-order chi connectivity index (χ0) is 13.1. The van der Waals surface area contributed by atoms with Gasteiger partial charge in [0.15, 0.2) is 0 Å². The van der Waals surface area contributed by atoms with E-state index >= 15 is 0 Å². The Bertz CT molecular complexity index is 379. The van der Waals surface area contributed by atoms with E-state index in [1.807, 2.05) is 0 Å². The first-order valence-corrected chi connectivity index (χ1v) is 5.88. The maximum Gasteiger partial charge on any atom is 0.416 e. The van der Waals surface area contributed by atoms with E-state index in [9.17, 15) is 13.2 Å². The maximum atomic E-state index is 12.5. The maximum absolute atomic E-state index is 12.5. The van der Waals surface area contributed by atoms with Crippen LogP contribution in [0.2, 0.25) is 0 Å². The number of halogens is 4. The van der Waals surface area contributed by atoms with Crippen molar-refractivity contribution in [2.45, 2.75) is 25.6 Å². The SMILES string of the molecule is CC(O)CCNc1cc(C(F)(F)F)ccc1Br. The Morgan fingerprint density at radius 3 is 2.59 bits per heavy atom. The third-order valence-electron chi connectivity index (χ3n) is 2.17. The average Bonchev–Trinajstić information content (AvgIpc) is 2.18. The van der Waals surface area contributed by atoms with Crippen LogP contribution in [0, 0.1) is 0 Å². The third-order valence-corrected chi connectivity index (χ3v) is 2.86. The van der Waals surface area contributed by atoms with Gasteiger partial charge in [-0.2, -0.15) is 13.2 Å². The number of anilines is 1. The van der Waals surface area contributed by atoms with Crippen LogP contribution in [0.5, 0.6) is 0 Å². The average molecular weight is 312 g/mol. The van der Waals surface area contributed by atoms with Crippen LogP contribution in [0.25, 0.3) is 0 Å². The van der Waals surface area contributed by atoms with Crippen molar-refractivity contribution >= 4 is 21.6 Å². The molecule has 0 saturated heterocycles. The van der Waals surface area contributed by atoms with Crippen LogP contribution in [0.3, 0.4) is 0 Å². The topological polar surface area (TPSA) is 32.3 Å². The van der Waals surface area contributed by atoms with Gasteiger partial charge in [-0.25, -0.2) is 0 Å². The molecule has 1 rings (SSSR count). The van der Waals surface area contributed by atoms with Crippen LogP contribution >= 0.6 is 15.9 Å². The molecule has 96 valence electrons. The molecule has 1 aromatic carbocycles. The number of benzene rings is 1. The summed E-state index contributed by atoms with van der Waals surface area (Å²) in [6.07, 6.45) is -4.35. The second kappa shape index (κ2) is 5.73. The summed E-state index contributed by atoms with van der Waals surface area (Å²) in [5.74, 6) is 0. The standard InChI is InChI=1S/C11H13BrF3NO/c1-7(17)4-5-16-10-6-8(11(13,14)15)2-3-9(10)12/h2-3,6-7,16-17H,4-5H2,1H3. The van der Waals surface area contributed by atoms with Gasteiger partial charge in [0.2, 0.25) is 0 Å². The number of hydrogen-bond acceptors (Lipinski definition) is 2. The molecule has 0 saturated carbocycles. The minimum Gasteiger partial charge on any atom is -0.393 e. The van der Waals surface area contributed by atoms with Crippen LogP contribution in [0.4, 0.5) is 18.9 Å². The molecular formula is C11H13BrF3NO. The predicted octanol–water partition coefficient (Wildman–Crippen LogP) is 3.65. The highest BCUT2D eigenvalue weighted by molar-refractivity contribution is 9.10. The van der Waals surface area contributed by atoms with Crippen molar-refractivity contribution in [2.75, 3.05) is 11.9 Å². The Labute approximate surface area is 106 Å². The van der Waals surface area contributed by atoms with Gasteiger partial charge in [0.25, 0.3) is 0 Å². The van der Waals surface area contributed by atoms with Crippen LogP contribution in [-0.4, -0.2) is 17.8 Å². The summed E-state index contributed by atoms with van der Waals surface area (Å²) >= 11 is 3.17. The lowest BCUT2D eigenvalue weighted by Crippen LogP contribution is -2.11. The molecule has 0 bridgehead atoms. The minimum absolute atomic E-state index is 0.375. The van der Waals surface area contributed by atoms with Gasteiger partial charge in [0.1, 0.15) is 0 Å².